The number of methoxy groups -OCH3 is 2. The maximum Gasteiger partial charge on any atom is 0.254 e. The Morgan fingerprint density at radius 2 is 1.76 bits per heavy atom. The Morgan fingerprint density at radius 1 is 1.03 bits per heavy atom. The quantitative estimate of drug-likeness (QED) is 0.469. The van der Waals surface area contributed by atoms with Crippen molar-refractivity contribution in [2.45, 2.75) is 20.0 Å². The van der Waals surface area contributed by atoms with Gasteiger partial charge in [-0.2, -0.15) is 0 Å². The summed E-state index contributed by atoms with van der Waals surface area (Å²) in [6.07, 6.45) is 1.72. The molecule has 0 N–H and O–H groups in total. The minimum atomic E-state index is -0.143. The lowest BCUT2D eigenvalue weighted by Gasteiger charge is -2.13. The number of imidazole rings is 1. The van der Waals surface area contributed by atoms with Gasteiger partial charge in [0.25, 0.3) is 5.82 Å². The van der Waals surface area contributed by atoms with Crippen LogP contribution < -0.4 is 9.30 Å². The molecule has 0 bridgehead atoms. The number of benzene rings is 1. The van der Waals surface area contributed by atoms with E-state index in [1.54, 1.807) is 50.7 Å². The van der Waals surface area contributed by atoms with E-state index < -0.39 is 0 Å². The summed E-state index contributed by atoms with van der Waals surface area (Å²) in [5.74, 6) is 1.06. The van der Waals surface area contributed by atoms with Crippen LogP contribution in [0.15, 0.2) is 42.6 Å². The molecular weight excluding hydrogens is 370 g/mol. The van der Waals surface area contributed by atoms with Gasteiger partial charge in [0.1, 0.15) is 13.1 Å². The second-order valence-electron chi connectivity index (χ2n) is 6.89. The molecule has 0 aliphatic heterocycles. The summed E-state index contributed by atoms with van der Waals surface area (Å²) in [5.41, 5.74) is 2.63. The number of hydrogen-bond donors (Lipinski definition) is 0. The van der Waals surface area contributed by atoms with Crippen LogP contribution in [0.2, 0.25) is 0 Å². The van der Waals surface area contributed by atoms with Crippen molar-refractivity contribution in [1.82, 2.24) is 9.55 Å². The average Bonchev–Trinajstić information content (AvgIpc) is 3.03. The van der Waals surface area contributed by atoms with Gasteiger partial charge in [-0.3, -0.25) is 9.59 Å². The Kier molecular flexibility index (Phi) is 4.98. The monoisotopic (exact) mass is 392 g/mol. The Balaban J connectivity index is 1.86. The van der Waals surface area contributed by atoms with Gasteiger partial charge in [0, 0.05) is 43.0 Å². The van der Waals surface area contributed by atoms with Crippen molar-refractivity contribution in [2.75, 3.05) is 20.8 Å². The second kappa shape index (κ2) is 7.60. The molecule has 1 aromatic carbocycles. The molecule has 1 aliphatic rings. The van der Waals surface area contributed by atoms with E-state index in [9.17, 15) is 9.59 Å². The van der Waals surface area contributed by atoms with Gasteiger partial charge in [0.05, 0.1) is 13.7 Å². The van der Waals surface area contributed by atoms with E-state index in [0.29, 0.717) is 48.1 Å². The maximum atomic E-state index is 13.4. The number of pyridine rings is 1. The summed E-state index contributed by atoms with van der Waals surface area (Å²) in [5, 5.41) is 0. The van der Waals surface area contributed by atoms with Crippen LogP contribution in [-0.2, 0) is 17.8 Å². The highest BCUT2D eigenvalue weighted by molar-refractivity contribution is 6.26. The van der Waals surface area contributed by atoms with E-state index in [1.165, 1.54) is 0 Å². The molecule has 29 heavy (non-hydrogen) atoms. The Bertz CT molecular complexity index is 1100. The summed E-state index contributed by atoms with van der Waals surface area (Å²) in [6.45, 7) is 3.26. The van der Waals surface area contributed by atoms with Crippen LogP contribution >= 0.6 is 0 Å². The topological polar surface area (TPSA) is 74.3 Å². The van der Waals surface area contributed by atoms with E-state index >= 15 is 0 Å². The molecule has 0 atom stereocenters. The number of nitrogens with zero attached hydrogens (tertiary/aromatic N) is 3. The molecule has 0 fully saturated rings. The molecule has 7 nitrogen and oxygen atoms in total. The first-order valence-electron chi connectivity index (χ1n) is 9.36. The largest absolute Gasteiger partial charge is 0.481 e. The second-order valence-corrected chi connectivity index (χ2v) is 6.89. The fraction of sp³-hybridized carbons (Fsp3) is 0.273. The fourth-order valence-electron chi connectivity index (χ4n) is 3.78. The minimum absolute atomic E-state index is 0.138. The van der Waals surface area contributed by atoms with Crippen molar-refractivity contribution in [3.8, 4) is 5.88 Å². The van der Waals surface area contributed by atoms with E-state index in [-0.39, 0.29) is 11.6 Å². The highest BCUT2D eigenvalue weighted by atomic mass is 16.5. The van der Waals surface area contributed by atoms with Crippen LogP contribution in [0.25, 0.3) is 0 Å². The highest BCUT2D eigenvalue weighted by Crippen LogP contribution is 2.27. The zero-order valence-corrected chi connectivity index (χ0v) is 16.6. The van der Waals surface area contributed by atoms with E-state index in [0.717, 1.165) is 11.4 Å². The number of aromatic nitrogens is 3. The molecule has 148 valence electrons. The third-order valence-corrected chi connectivity index (χ3v) is 5.26. The van der Waals surface area contributed by atoms with Crippen LogP contribution in [0.1, 0.15) is 43.5 Å². The smallest absolute Gasteiger partial charge is 0.254 e. The minimum Gasteiger partial charge on any atom is -0.481 e. The van der Waals surface area contributed by atoms with Crippen LogP contribution in [-0.4, -0.2) is 41.9 Å². The summed E-state index contributed by atoms with van der Waals surface area (Å²) in [7, 11) is 3.18. The first-order chi connectivity index (χ1) is 14.1. The molecular formula is C22H22N3O4+. The number of ketones is 2. The van der Waals surface area contributed by atoms with E-state index in [1.807, 2.05) is 22.1 Å². The molecule has 0 amide bonds. The molecule has 1 aliphatic carbocycles. The third-order valence-electron chi connectivity index (χ3n) is 5.26. The standard InChI is InChI=1S/C22H22N3O4/c1-14-24(10-11-28-2)19-20(22(27)17-7-5-4-6-16(17)21(19)26)25(14)13-15-8-9-18(29-3)23-12-15/h4-9,12H,10-11,13H2,1-3H3/q+1. The number of carbonyl (C=O) groups is 2. The summed E-state index contributed by atoms with van der Waals surface area (Å²) >= 11 is 0. The Morgan fingerprint density at radius 3 is 2.38 bits per heavy atom. The van der Waals surface area contributed by atoms with Crippen molar-refractivity contribution < 1.29 is 23.6 Å². The number of fused-ring (bicyclic) bond motifs is 2. The zero-order chi connectivity index (χ0) is 20.5. The molecule has 0 radical (unpaired) electrons. The van der Waals surface area contributed by atoms with E-state index in [2.05, 4.69) is 4.98 Å². The molecule has 4 rings (SSSR count). The van der Waals surface area contributed by atoms with Gasteiger partial charge < -0.3 is 9.47 Å². The molecule has 0 unspecified atom stereocenters. The van der Waals surface area contributed by atoms with Crippen molar-refractivity contribution >= 4 is 11.6 Å². The highest BCUT2D eigenvalue weighted by Gasteiger charge is 2.42. The lowest BCUT2D eigenvalue weighted by Crippen LogP contribution is -2.43. The molecule has 2 heterocycles. The normalized spacial score (nSPS) is 12.7. The van der Waals surface area contributed by atoms with Gasteiger partial charge in [0.15, 0.2) is 0 Å². The van der Waals surface area contributed by atoms with Crippen molar-refractivity contribution in [3.63, 3.8) is 0 Å². The van der Waals surface area contributed by atoms with Gasteiger partial charge in [-0.1, -0.05) is 24.3 Å². The van der Waals surface area contributed by atoms with Crippen LogP contribution in [0.3, 0.4) is 0 Å². The molecule has 2 aromatic heterocycles. The van der Waals surface area contributed by atoms with Gasteiger partial charge in [-0.05, 0) is 6.07 Å². The summed E-state index contributed by atoms with van der Waals surface area (Å²) < 4.78 is 14.1. The van der Waals surface area contributed by atoms with E-state index in [4.69, 9.17) is 9.47 Å². The molecule has 0 spiro atoms. The summed E-state index contributed by atoms with van der Waals surface area (Å²) in [4.78, 5) is 30.9. The van der Waals surface area contributed by atoms with Gasteiger partial charge in [-0.25, -0.2) is 14.1 Å². The number of ether oxygens (including phenoxy) is 2. The molecule has 0 saturated carbocycles. The number of hydrogen-bond acceptors (Lipinski definition) is 5. The maximum absolute atomic E-state index is 13.4. The summed E-state index contributed by atoms with van der Waals surface area (Å²) in [6, 6.07) is 10.7. The van der Waals surface area contributed by atoms with Gasteiger partial charge >= 0.3 is 0 Å². The first kappa shape index (κ1) is 19.0. The average molecular weight is 392 g/mol. The zero-order valence-electron chi connectivity index (χ0n) is 16.6. The van der Waals surface area contributed by atoms with Gasteiger partial charge in [0.2, 0.25) is 28.8 Å². The van der Waals surface area contributed by atoms with Gasteiger partial charge in [-0.15, -0.1) is 0 Å². The number of carbonyl (C=O) groups excluding carboxylic acids is 2. The predicted molar refractivity (Wildman–Crippen MR) is 104 cm³/mol. The van der Waals surface area contributed by atoms with Crippen molar-refractivity contribution in [2.24, 2.45) is 0 Å². The SMILES string of the molecule is COCCn1c2c([n+](Cc3ccc(OC)nc3)c1C)C(=O)c1ccccc1C2=O. The van der Waals surface area contributed by atoms with Crippen LogP contribution in [0, 0.1) is 6.92 Å². The first-order valence-corrected chi connectivity index (χ1v) is 9.36. The third kappa shape index (κ3) is 3.13. The number of rotatable bonds is 6. The Hall–Kier alpha value is -3.32. The van der Waals surface area contributed by atoms with Crippen LogP contribution in [0.4, 0.5) is 0 Å². The lowest BCUT2D eigenvalue weighted by molar-refractivity contribution is -0.695. The fourth-order valence-corrected chi connectivity index (χ4v) is 3.78. The predicted octanol–water partition coefficient (Wildman–Crippen LogP) is 1.96. The Labute approximate surface area is 168 Å². The van der Waals surface area contributed by atoms with Crippen molar-refractivity contribution in [1.29, 1.82) is 0 Å². The molecule has 7 heteroatoms. The molecule has 0 saturated heterocycles. The van der Waals surface area contributed by atoms with Crippen LogP contribution in [0.5, 0.6) is 5.88 Å². The van der Waals surface area contributed by atoms with Crippen molar-refractivity contribution in [3.05, 3.63) is 76.5 Å². The lowest BCUT2D eigenvalue weighted by atomic mass is 9.90. The molecule has 3 aromatic rings.